The Labute approximate surface area is 284 Å². The molecule has 8 rings (SSSR count). The molecule has 3 aromatic carbocycles. The number of rotatable bonds is 10. The highest BCUT2D eigenvalue weighted by atomic mass is 16.7. The highest BCUT2D eigenvalue weighted by Crippen LogP contribution is 2.55. The molecule has 4 bridgehead atoms. The Morgan fingerprint density at radius 3 is 2.23 bits per heavy atom. The number of aliphatic hydroxyl groups excluding tert-OH is 2. The van der Waals surface area contributed by atoms with Crippen LogP contribution >= 0.6 is 0 Å². The van der Waals surface area contributed by atoms with Crippen LogP contribution in [0.4, 0.5) is 10.5 Å². The molecule has 1 saturated heterocycles. The zero-order chi connectivity index (χ0) is 33.4. The number of ether oxygens (including phenoxy) is 2. The summed E-state index contributed by atoms with van der Waals surface area (Å²) in [5.74, 6) is 2.27. The van der Waals surface area contributed by atoms with Gasteiger partial charge in [-0.25, -0.2) is 4.79 Å². The first-order valence-electron chi connectivity index (χ1n) is 17.8. The fraction of sp³-hybridized carbons (Fsp3) is 0.525. The minimum absolute atomic E-state index is 0.00268. The van der Waals surface area contributed by atoms with Crippen molar-refractivity contribution in [1.29, 1.82) is 0 Å². The molecule has 8 heteroatoms. The summed E-state index contributed by atoms with van der Waals surface area (Å²) in [5, 5.41) is 27.3. The standard InChI is InChI=1S/C40H51N3O5/c1-25-35(23-43(3)26(2)36(45)31-8-5-4-6-9-31)47-38(48-37(25)32-14-12-27(24-44)13-15-32)33-10-7-11-34(19-33)41-39(46)42-40-20-28-16-29(21-40)18-30(17-28)22-40/h4-15,19,25-26,28-30,35-38,44-45H,16-18,20-24H2,1-3H3,(H2,41,42,46)/t25-,26-,28?,29?,30?,35+,36-,37+,38+,40?/m1/s1. The number of nitrogens with one attached hydrogen (secondary N) is 2. The number of benzene rings is 3. The van der Waals surface area contributed by atoms with E-state index < -0.39 is 12.4 Å². The van der Waals surface area contributed by atoms with Crippen molar-refractivity contribution in [3.05, 3.63) is 101 Å². The molecule has 1 aliphatic heterocycles. The van der Waals surface area contributed by atoms with Gasteiger partial charge in [0.1, 0.15) is 0 Å². The van der Waals surface area contributed by atoms with Crippen LogP contribution in [0.5, 0.6) is 0 Å². The summed E-state index contributed by atoms with van der Waals surface area (Å²) in [7, 11) is 2.02. The van der Waals surface area contributed by atoms with Gasteiger partial charge in [-0.2, -0.15) is 0 Å². The molecular formula is C40H51N3O5. The van der Waals surface area contributed by atoms with Crippen LogP contribution in [0.1, 0.15) is 93.1 Å². The Balaban J connectivity index is 1.08. The number of likely N-dealkylation sites (N-methyl/N-ethyl adjacent to an activating group) is 1. The normalized spacial score (nSPS) is 32.2. The van der Waals surface area contributed by atoms with E-state index in [1.165, 1.54) is 19.3 Å². The van der Waals surface area contributed by atoms with Gasteiger partial charge in [0, 0.05) is 35.3 Å². The summed E-state index contributed by atoms with van der Waals surface area (Å²) in [6.45, 7) is 4.75. The van der Waals surface area contributed by atoms with Crippen LogP contribution in [0.25, 0.3) is 0 Å². The molecule has 1 heterocycles. The van der Waals surface area contributed by atoms with Crippen molar-refractivity contribution < 1.29 is 24.5 Å². The second-order valence-corrected chi connectivity index (χ2v) is 15.3. The van der Waals surface area contributed by atoms with Crippen LogP contribution < -0.4 is 10.6 Å². The van der Waals surface area contributed by atoms with Crippen LogP contribution in [-0.4, -0.2) is 52.4 Å². The summed E-state index contributed by atoms with van der Waals surface area (Å²) in [6, 6.07) is 25.2. The average Bonchev–Trinajstić information content (AvgIpc) is 3.08. The molecule has 256 valence electrons. The highest BCUT2D eigenvalue weighted by molar-refractivity contribution is 5.90. The van der Waals surface area contributed by atoms with E-state index in [4.69, 9.17) is 9.47 Å². The Kier molecular flexibility index (Phi) is 9.64. The number of hydrogen-bond acceptors (Lipinski definition) is 6. The first-order valence-corrected chi connectivity index (χ1v) is 17.8. The van der Waals surface area contributed by atoms with Gasteiger partial charge in [-0.3, -0.25) is 4.90 Å². The lowest BCUT2D eigenvalue weighted by Crippen LogP contribution is -2.60. The van der Waals surface area contributed by atoms with Gasteiger partial charge in [0.25, 0.3) is 0 Å². The number of amides is 2. The molecule has 5 aliphatic rings. The molecule has 0 spiro atoms. The van der Waals surface area contributed by atoms with E-state index in [1.807, 2.05) is 92.8 Å². The molecule has 4 aliphatic carbocycles. The van der Waals surface area contributed by atoms with E-state index in [1.54, 1.807) is 0 Å². The second kappa shape index (κ2) is 13.9. The van der Waals surface area contributed by atoms with E-state index in [-0.39, 0.29) is 42.3 Å². The number of carbonyl (C=O) groups excluding carboxylic acids is 1. The van der Waals surface area contributed by atoms with E-state index >= 15 is 0 Å². The third-order valence-electron chi connectivity index (χ3n) is 11.7. The number of aliphatic hydroxyl groups is 2. The number of nitrogens with zero attached hydrogens (tertiary/aromatic N) is 1. The van der Waals surface area contributed by atoms with Crippen molar-refractivity contribution >= 4 is 11.7 Å². The summed E-state index contributed by atoms with van der Waals surface area (Å²) in [5.41, 5.74) is 4.22. The molecule has 6 atom stereocenters. The third kappa shape index (κ3) is 7.05. The van der Waals surface area contributed by atoms with Crippen LogP contribution in [0, 0.1) is 23.7 Å². The monoisotopic (exact) mass is 653 g/mol. The largest absolute Gasteiger partial charge is 0.392 e. The van der Waals surface area contributed by atoms with E-state index in [9.17, 15) is 15.0 Å². The van der Waals surface area contributed by atoms with Gasteiger partial charge in [0.2, 0.25) is 0 Å². The van der Waals surface area contributed by atoms with Crippen molar-refractivity contribution in [2.45, 2.75) is 95.2 Å². The topological polar surface area (TPSA) is 103 Å². The van der Waals surface area contributed by atoms with Gasteiger partial charge < -0.3 is 30.3 Å². The fourth-order valence-corrected chi connectivity index (χ4v) is 9.38. The van der Waals surface area contributed by atoms with Crippen molar-refractivity contribution in [2.24, 2.45) is 23.7 Å². The van der Waals surface area contributed by atoms with Crippen molar-refractivity contribution in [2.75, 3.05) is 18.9 Å². The molecule has 0 radical (unpaired) electrons. The Hall–Kier alpha value is -3.27. The summed E-state index contributed by atoms with van der Waals surface area (Å²) in [6.07, 6.45) is 5.53. The number of urea groups is 1. The lowest BCUT2D eigenvalue weighted by Gasteiger charge is -2.56. The smallest absolute Gasteiger partial charge is 0.319 e. The van der Waals surface area contributed by atoms with Gasteiger partial charge >= 0.3 is 6.03 Å². The predicted octanol–water partition coefficient (Wildman–Crippen LogP) is 7.11. The van der Waals surface area contributed by atoms with Gasteiger partial charge in [0.15, 0.2) is 6.29 Å². The lowest BCUT2D eigenvalue weighted by atomic mass is 9.53. The predicted molar refractivity (Wildman–Crippen MR) is 186 cm³/mol. The Morgan fingerprint density at radius 2 is 1.58 bits per heavy atom. The van der Waals surface area contributed by atoms with Crippen molar-refractivity contribution in [1.82, 2.24) is 10.2 Å². The van der Waals surface area contributed by atoms with E-state index in [0.29, 0.717) is 12.2 Å². The number of hydrogen-bond donors (Lipinski definition) is 4. The lowest BCUT2D eigenvalue weighted by molar-refractivity contribution is -0.276. The number of carbonyl (C=O) groups is 1. The maximum absolute atomic E-state index is 13.4. The van der Waals surface area contributed by atoms with Gasteiger partial charge in [-0.05, 0) is 99.1 Å². The van der Waals surface area contributed by atoms with E-state index in [0.717, 1.165) is 59.3 Å². The molecule has 2 amide bonds. The quantitative estimate of drug-likeness (QED) is 0.186. The zero-order valence-electron chi connectivity index (χ0n) is 28.4. The fourth-order valence-electron chi connectivity index (χ4n) is 9.38. The van der Waals surface area contributed by atoms with Gasteiger partial charge in [-0.15, -0.1) is 0 Å². The van der Waals surface area contributed by atoms with Gasteiger partial charge in [-0.1, -0.05) is 73.7 Å². The summed E-state index contributed by atoms with van der Waals surface area (Å²) < 4.78 is 13.4. The van der Waals surface area contributed by atoms with Crippen molar-refractivity contribution in [3.63, 3.8) is 0 Å². The minimum atomic E-state index is -0.663. The van der Waals surface area contributed by atoms with Crippen LogP contribution in [0.3, 0.4) is 0 Å². The first-order chi connectivity index (χ1) is 23.2. The third-order valence-corrected chi connectivity index (χ3v) is 11.7. The average molecular weight is 654 g/mol. The second-order valence-electron chi connectivity index (χ2n) is 15.3. The SMILES string of the molecule is C[C@@H]1[C@H](CN(C)[C@H](C)[C@@H](O)c2ccccc2)O[C@H](c2cccc(NC(=O)NC34CC5CC(CC(C5)C3)C4)c2)O[C@@H]1c1ccc(CO)cc1. The Bertz CT molecular complexity index is 1510. The molecular weight excluding hydrogens is 602 g/mol. The van der Waals surface area contributed by atoms with Crippen LogP contribution in [0.15, 0.2) is 78.9 Å². The maximum Gasteiger partial charge on any atom is 0.319 e. The number of anilines is 1. The molecule has 3 aromatic rings. The molecule has 0 aromatic heterocycles. The molecule has 4 saturated carbocycles. The molecule has 0 unspecified atom stereocenters. The Morgan fingerprint density at radius 1 is 0.917 bits per heavy atom. The van der Waals surface area contributed by atoms with Gasteiger partial charge in [0.05, 0.1) is 24.9 Å². The molecule has 48 heavy (non-hydrogen) atoms. The molecule has 4 N–H and O–H groups in total. The summed E-state index contributed by atoms with van der Waals surface area (Å²) >= 11 is 0. The van der Waals surface area contributed by atoms with Crippen LogP contribution in [0.2, 0.25) is 0 Å². The first kappa shape index (κ1) is 33.2. The summed E-state index contributed by atoms with van der Waals surface area (Å²) in [4.78, 5) is 15.5. The molecule has 8 nitrogen and oxygen atoms in total. The molecule has 5 fully saturated rings. The van der Waals surface area contributed by atoms with E-state index in [2.05, 4.69) is 22.5 Å². The van der Waals surface area contributed by atoms with Crippen LogP contribution in [-0.2, 0) is 16.1 Å². The van der Waals surface area contributed by atoms with Crippen molar-refractivity contribution in [3.8, 4) is 0 Å². The maximum atomic E-state index is 13.4. The zero-order valence-corrected chi connectivity index (χ0v) is 28.4. The minimum Gasteiger partial charge on any atom is -0.392 e. The highest BCUT2D eigenvalue weighted by Gasteiger charge is 2.51.